The first kappa shape index (κ1) is 16.8. The Morgan fingerprint density at radius 1 is 1.15 bits per heavy atom. The number of amides is 1. The summed E-state index contributed by atoms with van der Waals surface area (Å²) in [5.41, 5.74) is 2.04. The molecule has 0 saturated carbocycles. The maximum absolute atomic E-state index is 12.6. The maximum atomic E-state index is 12.6. The Kier molecular flexibility index (Phi) is 4.75. The van der Waals surface area contributed by atoms with Gasteiger partial charge in [-0.15, -0.1) is 0 Å². The molecule has 0 spiro atoms. The van der Waals surface area contributed by atoms with Crippen molar-refractivity contribution in [1.82, 2.24) is 24.4 Å². The SMILES string of the molecule is Cn1c(SCC(=O)N2CCN(c3cnccn3)CC2)nc2ccccc21. The molecular formula is C18H20N6OS. The van der Waals surface area contributed by atoms with Crippen molar-refractivity contribution in [3.63, 3.8) is 0 Å². The smallest absolute Gasteiger partial charge is 0.233 e. The van der Waals surface area contributed by atoms with E-state index in [1.807, 2.05) is 40.8 Å². The van der Waals surface area contributed by atoms with Crippen molar-refractivity contribution >= 4 is 34.5 Å². The lowest BCUT2D eigenvalue weighted by Gasteiger charge is -2.35. The van der Waals surface area contributed by atoms with E-state index in [1.165, 1.54) is 11.8 Å². The Balaban J connectivity index is 1.33. The lowest BCUT2D eigenvalue weighted by molar-refractivity contribution is -0.128. The predicted octanol–water partition coefficient (Wildman–Crippen LogP) is 1.80. The molecule has 1 aliphatic rings. The molecule has 3 aromatic rings. The lowest BCUT2D eigenvalue weighted by Crippen LogP contribution is -2.49. The Hall–Kier alpha value is -2.61. The molecule has 1 aromatic carbocycles. The number of aromatic nitrogens is 4. The van der Waals surface area contributed by atoms with Crippen molar-refractivity contribution in [3.05, 3.63) is 42.9 Å². The van der Waals surface area contributed by atoms with E-state index in [9.17, 15) is 4.79 Å². The fourth-order valence-corrected chi connectivity index (χ4v) is 4.00. The van der Waals surface area contributed by atoms with Gasteiger partial charge in [0.05, 0.1) is 23.0 Å². The average Bonchev–Trinajstić information content (AvgIpc) is 3.03. The van der Waals surface area contributed by atoms with Crippen molar-refractivity contribution in [2.45, 2.75) is 5.16 Å². The number of thioether (sulfide) groups is 1. The molecule has 0 unspecified atom stereocenters. The van der Waals surface area contributed by atoms with Gasteiger partial charge < -0.3 is 14.4 Å². The number of aryl methyl sites for hydroxylation is 1. The van der Waals surface area contributed by atoms with Crippen LogP contribution in [-0.2, 0) is 11.8 Å². The minimum Gasteiger partial charge on any atom is -0.352 e. The number of anilines is 1. The molecule has 7 nitrogen and oxygen atoms in total. The van der Waals surface area contributed by atoms with Crippen LogP contribution in [-0.4, -0.2) is 62.3 Å². The fraction of sp³-hybridized carbons (Fsp3) is 0.333. The fourth-order valence-electron chi connectivity index (χ4n) is 3.11. The highest BCUT2D eigenvalue weighted by Crippen LogP contribution is 2.23. The Labute approximate surface area is 156 Å². The predicted molar refractivity (Wildman–Crippen MR) is 102 cm³/mol. The van der Waals surface area contributed by atoms with Crippen molar-refractivity contribution in [2.75, 3.05) is 36.8 Å². The number of carbonyl (C=O) groups is 1. The van der Waals surface area contributed by atoms with Gasteiger partial charge in [0, 0.05) is 45.6 Å². The molecule has 2 aromatic heterocycles. The van der Waals surface area contributed by atoms with Gasteiger partial charge in [0.2, 0.25) is 5.91 Å². The standard InChI is InChI=1S/C18H20N6OS/c1-22-15-5-3-2-4-14(15)21-18(22)26-13-17(25)24-10-8-23(9-11-24)16-12-19-6-7-20-16/h2-7,12H,8-11,13H2,1H3. The van der Waals surface area contributed by atoms with Crippen LogP contribution in [0.2, 0.25) is 0 Å². The van der Waals surface area contributed by atoms with Gasteiger partial charge in [0.1, 0.15) is 5.82 Å². The molecule has 134 valence electrons. The van der Waals surface area contributed by atoms with Crippen molar-refractivity contribution in [2.24, 2.45) is 7.05 Å². The van der Waals surface area contributed by atoms with E-state index in [0.29, 0.717) is 18.8 Å². The second-order valence-electron chi connectivity index (χ2n) is 6.16. The third kappa shape index (κ3) is 3.37. The lowest BCUT2D eigenvalue weighted by atomic mass is 10.3. The van der Waals surface area contributed by atoms with Gasteiger partial charge in [-0.25, -0.2) is 9.97 Å². The van der Waals surface area contributed by atoms with Gasteiger partial charge in [0.15, 0.2) is 5.16 Å². The second-order valence-corrected chi connectivity index (χ2v) is 7.10. The van der Waals surface area contributed by atoms with Crippen LogP contribution in [0.5, 0.6) is 0 Å². The largest absolute Gasteiger partial charge is 0.352 e. The summed E-state index contributed by atoms with van der Waals surface area (Å²) in [6.07, 6.45) is 5.13. The minimum absolute atomic E-state index is 0.154. The van der Waals surface area contributed by atoms with Crippen LogP contribution in [0.1, 0.15) is 0 Å². The molecule has 8 heteroatoms. The molecule has 0 aliphatic carbocycles. The van der Waals surface area contributed by atoms with Gasteiger partial charge in [-0.2, -0.15) is 0 Å². The van der Waals surface area contributed by atoms with Crippen LogP contribution in [0.3, 0.4) is 0 Å². The van der Waals surface area contributed by atoms with Crippen molar-refractivity contribution < 1.29 is 4.79 Å². The monoisotopic (exact) mass is 368 g/mol. The van der Waals surface area contributed by atoms with Crippen molar-refractivity contribution in [3.8, 4) is 0 Å². The Morgan fingerprint density at radius 3 is 2.69 bits per heavy atom. The number of imidazole rings is 1. The summed E-state index contributed by atoms with van der Waals surface area (Å²) in [6, 6.07) is 8.01. The minimum atomic E-state index is 0.154. The highest BCUT2D eigenvalue weighted by Gasteiger charge is 2.22. The molecule has 0 radical (unpaired) electrons. The van der Waals surface area contributed by atoms with E-state index in [-0.39, 0.29) is 5.91 Å². The maximum Gasteiger partial charge on any atom is 0.233 e. The molecule has 1 saturated heterocycles. The first-order chi connectivity index (χ1) is 12.7. The third-order valence-corrected chi connectivity index (χ3v) is 5.59. The summed E-state index contributed by atoms with van der Waals surface area (Å²) in [5.74, 6) is 1.43. The van der Waals surface area contributed by atoms with Gasteiger partial charge in [0.25, 0.3) is 0 Å². The zero-order valence-electron chi connectivity index (χ0n) is 14.6. The van der Waals surface area contributed by atoms with Gasteiger partial charge in [-0.1, -0.05) is 23.9 Å². The van der Waals surface area contributed by atoms with Crippen LogP contribution in [0, 0.1) is 0 Å². The number of carbonyl (C=O) groups excluding carboxylic acids is 1. The number of piperazine rings is 1. The molecule has 1 aliphatic heterocycles. The van der Waals surface area contributed by atoms with Crippen LogP contribution in [0.25, 0.3) is 11.0 Å². The first-order valence-electron chi connectivity index (χ1n) is 8.55. The normalized spacial score (nSPS) is 14.8. The van der Waals surface area contributed by atoms with E-state index in [0.717, 1.165) is 35.1 Å². The number of fused-ring (bicyclic) bond motifs is 1. The van der Waals surface area contributed by atoms with E-state index in [2.05, 4.69) is 19.9 Å². The molecule has 3 heterocycles. The first-order valence-corrected chi connectivity index (χ1v) is 9.54. The molecule has 0 N–H and O–H groups in total. The summed E-state index contributed by atoms with van der Waals surface area (Å²) < 4.78 is 2.04. The van der Waals surface area contributed by atoms with E-state index >= 15 is 0 Å². The van der Waals surface area contributed by atoms with E-state index < -0.39 is 0 Å². The van der Waals surface area contributed by atoms with E-state index in [4.69, 9.17) is 0 Å². The zero-order valence-corrected chi connectivity index (χ0v) is 15.4. The van der Waals surface area contributed by atoms with Crippen LogP contribution < -0.4 is 4.90 Å². The number of benzene rings is 1. The van der Waals surface area contributed by atoms with Crippen LogP contribution >= 0.6 is 11.8 Å². The molecule has 1 amide bonds. The molecule has 1 fully saturated rings. The highest BCUT2D eigenvalue weighted by molar-refractivity contribution is 7.99. The summed E-state index contributed by atoms with van der Waals surface area (Å²) in [7, 11) is 1.99. The zero-order chi connectivity index (χ0) is 17.9. The number of rotatable bonds is 4. The van der Waals surface area contributed by atoms with Crippen LogP contribution in [0.4, 0.5) is 5.82 Å². The number of hydrogen-bond donors (Lipinski definition) is 0. The molecular weight excluding hydrogens is 348 g/mol. The number of para-hydroxylation sites is 2. The topological polar surface area (TPSA) is 67.2 Å². The van der Waals surface area contributed by atoms with Crippen LogP contribution in [0.15, 0.2) is 48.0 Å². The summed E-state index contributed by atoms with van der Waals surface area (Å²) in [5, 5.41) is 0.873. The Bertz CT molecular complexity index is 904. The summed E-state index contributed by atoms with van der Waals surface area (Å²) in [6.45, 7) is 2.97. The highest BCUT2D eigenvalue weighted by atomic mass is 32.2. The Morgan fingerprint density at radius 2 is 1.96 bits per heavy atom. The van der Waals surface area contributed by atoms with Gasteiger partial charge in [-0.3, -0.25) is 9.78 Å². The molecule has 0 bridgehead atoms. The summed E-state index contributed by atoms with van der Waals surface area (Å²) in [4.78, 5) is 29.7. The molecule has 4 rings (SSSR count). The van der Waals surface area contributed by atoms with Crippen molar-refractivity contribution in [1.29, 1.82) is 0 Å². The van der Waals surface area contributed by atoms with Gasteiger partial charge in [-0.05, 0) is 12.1 Å². The second kappa shape index (κ2) is 7.33. The molecule has 26 heavy (non-hydrogen) atoms. The average molecular weight is 368 g/mol. The quantitative estimate of drug-likeness (QED) is 0.654. The number of hydrogen-bond acceptors (Lipinski definition) is 6. The van der Waals surface area contributed by atoms with E-state index in [1.54, 1.807) is 18.6 Å². The molecule has 0 atom stereocenters. The van der Waals surface area contributed by atoms with Gasteiger partial charge >= 0.3 is 0 Å². The third-order valence-electron chi connectivity index (χ3n) is 4.58. The summed E-state index contributed by atoms with van der Waals surface area (Å²) >= 11 is 1.50. The number of nitrogens with zero attached hydrogens (tertiary/aromatic N) is 6.